The zero-order valence-corrected chi connectivity index (χ0v) is 15.4. The molecule has 138 valence electrons. The van der Waals surface area contributed by atoms with Gasteiger partial charge in [0.1, 0.15) is 0 Å². The Hall–Kier alpha value is -2.34. The summed E-state index contributed by atoms with van der Waals surface area (Å²) < 4.78 is 7.56. The molecule has 1 spiro atoms. The van der Waals surface area contributed by atoms with Gasteiger partial charge in [-0.05, 0) is 30.0 Å². The van der Waals surface area contributed by atoms with E-state index in [1.54, 1.807) is 0 Å². The lowest BCUT2D eigenvalue weighted by Gasteiger charge is -2.25. The topological polar surface area (TPSA) is 54.7 Å². The molecule has 2 aromatic rings. The third-order valence-electron chi connectivity index (χ3n) is 5.51. The Morgan fingerprint density at radius 3 is 2.81 bits per heavy atom. The number of rotatable bonds is 4. The lowest BCUT2D eigenvalue weighted by atomic mass is 9.87. The Kier molecular flexibility index (Phi) is 4.93. The molecule has 0 amide bonds. The fourth-order valence-electron chi connectivity index (χ4n) is 3.94. The van der Waals surface area contributed by atoms with Gasteiger partial charge in [-0.1, -0.05) is 24.3 Å². The molecule has 0 bridgehead atoms. The third-order valence-corrected chi connectivity index (χ3v) is 5.51. The Morgan fingerprint density at radius 1 is 1.27 bits per heavy atom. The molecule has 6 heteroatoms. The van der Waals surface area contributed by atoms with E-state index in [2.05, 4.69) is 44.6 Å². The second-order valence-corrected chi connectivity index (χ2v) is 7.40. The van der Waals surface area contributed by atoms with E-state index >= 15 is 0 Å². The van der Waals surface area contributed by atoms with E-state index < -0.39 is 0 Å². The monoisotopic (exact) mass is 353 g/mol. The summed E-state index contributed by atoms with van der Waals surface area (Å²) in [6, 6.07) is 10.6. The first-order chi connectivity index (χ1) is 12.8. The quantitative estimate of drug-likeness (QED) is 0.676. The fourth-order valence-corrected chi connectivity index (χ4v) is 3.94. The molecule has 0 aliphatic carbocycles. The van der Waals surface area contributed by atoms with Crippen molar-refractivity contribution in [3.8, 4) is 0 Å². The normalized spacial score (nSPS) is 23.1. The minimum Gasteiger partial charge on any atom is -0.381 e. The van der Waals surface area contributed by atoms with Crippen molar-refractivity contribution in [2.75, 3.05) is 33.4 Å². The van der Waals surface area contributed by atoms with Gasteiger partial charge in [0.15, 0.2) is 5.96 Å². The van der Waals surface area contributed by atoms with Crippen molar-refractivity contribution in [3.63, 3.8) is 0 Å². The maximum Gasteiger partial charge on any atom is 0.193 e. The van der Waals surface area contributed by atoms with Gasteiger partial charge in [0.25, 0.3) is 0 Å². The molecular weight excluding hydrogens is 326 g/mol. The van der Waals surface area contributed by atoms with Crippen molar-refractivity contribution in [1.29, 1.82) is 0 Å². The Morgan fingerprint density at radius 2 is 2.12 bits per heavy atom. The molecule has 1 unspecified atom stereocenters. The molecule has 0 saturated carbocycles. The van der Waals surface area contributed by atoms with Gasteiger partial charge in [0.05, 0.1) is 13.2 Å². The van der Waals surface area contributed by atoms with Gasteiger partial charge in [-0.2, -0.15) is 5.10 Å². The van der Waals surface area contributed by atoms with Crippen molar-refractivity contribution >= 4 is 5.96 Å². The number of nitrogens with one attached hydrogen (secondary N) is 1. The molecular formula is C20H27N5O. The molecule has 2 aliphatic heterocycles. The second kappa shape index (κ2) is 7.50. The predicted octanol–water partition coefficient (Wildman–Crippen LogP) is 2.12. The maximum absolute atomic E-state index is 5.63. The standard InChI is InChI=1S/C20H27N5O/c1-21-19(24-11-7-20(15-24)8-12-26-16-20)22-13-17-3-5-18(6-4-17)14-25-10-2-9-23-25/h2-6,9-10H,7-8,11-16H2,1H3,(H,21,22). The van der Waals surface area contributed by atoms with Crippen LogP contribution < -0.4 is 5.32 Å². The molecule has 4 rings (SSSR count). The Bertz CT molecular complexity index is 732. The van der Waals surface area contributed by atoms with Crippen LogP contribution in [0.25, 0.3) is 0 Å². The van der Waals surface area contributed by atoms with Crippen LogP contribution in [0, 0.1) is 5.41 Å². The van der Waals surface area contributed by atoms with Crippen LogP contribution in [-0.2, 0) is 17.8 Å². The molecule has 6 nitrogen and oxygen atoms in total. The molecule has 2 aliphatic rings. The van der Waals surface area contributed by atoms with E-state index in [0.717, 1.165) is 45.4 Å². The number of guanidine groups is 1. The van der Waals surface area contributed by atoms with Gasteiger partial charge in [-0.25, -0.2) is 0 Å². The maximum atomic E-state index is 5.63. The minimum atomic E-state index is 0.353. The van der Waals surface area contributed by atoms with Gasteiger partial charge in [-0.15, -0.1) is 0 Å². The highest BCUT2D eigenvalue weighted by molar-refractivity contribution is 5.80. The van der Waals surface area contributed by atoms with Crippen LogP contribution in [0.3, 0.4) is 0 Å². The number of aromatic nitrogens is 2. The smallest absolute Gasteiger partial charge is 0.193 e. The molecule has 0 radical (unpaired) electrons. The van der Waals surface area contributed by atoms with E-state index in [4.69, 9.17) is 4.74 Å². The molecule has 1 atom stereocenters. The summed E-state index contributed by atoms with van der Waals surface area (Å²) in [4.78, 5) is 6.86. The lowest BCUT2D eigenvalue weighted by Crippen LogP contribution is -2.41. The van der Waals surface area contributed by atoms with Crippen molar-refractivity contribution in [3.05, 3.63) is 53.9 Å². The van der Waals surface area contributed by atoms with Gasteiger partial charge in [0, 0.05) is 51.1 Å². The number of hydrogen-bond acceptors (Lipinski definition) is 3. The minimum absolute atomic E-state index is 0.353. The highest BCUT2D eigenvalue weighted by Crippen LogP contribution is 2.38. The number of hydrogen-bond donors (Lipinski definition) is 1. The average Bonchev–Trinajstić information content (AvgIpc) is 3.41. The Balaban J connectivity index is 1.31. The fraction of sp³-hybridized carbons (Fsp3) is 0.500. The largest absolute Gasteiger partial charge is 0.381 e. The summed E-state index contributed by atoms with van der Waals surface area (Å²) in [5.74, 6) is 0.995. The lowest BCUT2D eigenvalue weighted by molar-refractivity contribution is 0.156. The highest BCUT2D eigenvalue weighted by Gasteiger charge is 2.42. The predicted molar refractivity (Wildman–Crippen MR) is 102 cm³/mol. The molecule has 1 N–H and O–H groups in total. The summed E-state index contributed by atoms with van der Waals surface area (Å²) in [7, 11) is 1.87. The first-order valence-electron chi connectivity index (χ1n) is 9.35. The average molecular weight is 353 g/mol. The van der Waals surface area contributed by atoms with Crippen LogP contribution in [0.5, 0.6) is 0 Å². The first-order valence-corrected chi connectivity index (χ1v) is 9.35. The van der Waals surface area contributed by atoms with Crippen LogP contribution in [0.15, 0.2) is 47.7 Å². The molecule has 2 saturated heterocycles. The molecule has 2 fully saturated rings. The third kappa shape index (κ3) is 3.75. The van der Waals surface area contributed by atoms with Crippen LogP contribution in [0.4, 0.5) is 0 Å². The van der Waals surface area contributed by atoms with E-state index in [-0.39, 0.29) is 0 Å². The highest BCUT2D eigenvalue weighted by atomic mass is 16.5. The first kappa shape index (κ1) is 17.1. The van der Waals surface area contributed by atoms with E-state index in [1.165, 1.54) is 24.0 Å². The number of ether oxygens (including phenoxy) is 1. The van der Waals surface area contributed by atoms with Crippen LogP contribution in [0.1, 0.15) is 24.0 Å². The molecule has 26 heavy (non-hydrogen) atoms. The summed E-state index contributed by atoms with van der Waals surface area (Å²) in [6.07, 6.45) is 6.18. The summed E-state index contributed by atoms with van der Waals surface area (Å²) in [6.45, 7) is 5.51. The van der Waals surface area contributed by atoms with Crippen LogP contribution in [-0.4, -0.2) is 54.0 Å². The van der Waals surface area contributed by atoms with Crippen LogP contribution >= 0.6 is 0 Å². The van der Waals surface area contributed by atoms with E-state index in [9.17, 15) is 0 Å². The molecule has 3 heterocycles. The van der Waals surface area contributed by atoms with Crippen molar-refractivity contribution < 1.29 is 4.74 Å². The van der Waals surface area contributed by atoms with Gasteiger partial charge < -0.3 is 15.0 Å². The number of likely N-dealkylation sites (tertiary alicyclic amines) is 1. The zero-order chi connectivity index (χ0) is 17.8. The SMILES string of the molecule is CN=C(NCc1ccc(Cn2cccn2)cc1)N1CCC2(CCOC2)C1. The summed E-state index contributed by atoms with van der Waals surface area (Å²) >= 11 is 0. The number of benzene rings is 1. The van der Waals surface area contributed by atoms with E-state index in [0.29, 0.717) is 5.41 Å². The second-order valence-electron chi connectivity index (χ2n) is 7.40. The van der Waals surface area contributed by atoms with Crippen LogP contribution in [0.2, 0.25) is 0 Å². The van der Waals surface area contributed by atoms with E-state index in [1.807, 2.05) is 30.2 Å². The van der Waals surface area contributed by atoms with Crippen molar-refractivity contribution in [2.24, 2.45) is 10.4 Å². The molecule has 1 aromatic heterocycles. The molecule has 1 aromatic carbocycles. The van der Waals surface area contributed by atoms with Gasteiger partial charge in [-0.3, -0.25) is 9.67 Å². The Labute approximate surface area is 154 Å². The van der Waals surface area contributed by atoms with Crippen molar-refractivity contribution in [1.82, 2.24) is 20.0 Å². The summed E-state index contributed by atoms with van der Waals surface area (Å²) in [5.41, 5.74) is 2.87. The number of aliphatic imine (C=N–C) groups is 1. The van der Waals surface area contributed by atoms with Crippen molar-refractivity contribution in [2.45, 2.75) is 25.9 Å². The van der Waals surface area contributed by atoms with Gasteiger partial charge in [0.2, 0.25) is 0 Å². The zero-order valence-electron chi connectivity index (χ0n) is 15.4. The number of nitrogens with zero attached hydrogens (tertiary/aromatic N) is 4. The van der Waals surface area contributed by atoms with Gasteiger partial charge >= 0.3 is 0 Å². The summed E-state index contributed by atoms with van der Waals surface area (Å²) in [5, 5.41) is 7.77.